The molecule has 152 valence electrons. The zero-order chi connectivity index (χ0) is 20.8. The van der Waals surface area contributed by atoms with Crippen molar-refractivity contribution >= 4 is 38.4 Å². The standard InChI is InChI=1S/C20H20N8OS/c1-26(2)15-6-4-5-12(23-15)9-16-24-19-18(30-16)14-10-22-28(11-13-7-8-21-25-13)20(29)17(14)27(19)3/h4-8,10H,9,11H2,1-3H3,(H,21,25). The fourth-order valence-electron chi connectivity index (χ4n) is 3.52. The van der Waals surface area contributed by atoms with Gasteiger partial charge in [0.1, 0.15) is 16.3 Å². The van der Waals surface area contributed by atoms with Crippen LogP contribution in [0.2, 0.25) is 0 Å². The Hall–Kier alpha value is -3.53. The first kappa shape index (κ1) is 18.5. The predicted molar refractivity (Wildman–Crippen MR) is 117 cm³/mol. The van der Waals surface area contributed by atoms with Crippen LogP contribution in [0.15, 0.2) is 41.5 Å². The molecule has 10 heteroatoms. The fraction of sp³-hybridized carbons (Fsp3) is 0.250. The van der Waals surface area contributed by atoms with Crippen LogP contribution in [-0.4, -0.2) is 48.6 Å². The third-order valence-corrected chi connectivity index (χ3v) is 6.11. The second-order valence-electron chi connectivity index (χ2n) is 7.33. The maximum absolute atomic E-state index is 13.0. The summed E-state index contributed by atoms with van der Waals surface area (Å²) in [6.45, 7) is 0.347. The lowest BCUT2D eigenvalue weighted by Crippen LogP contribution is -2.24. The fourth-order valence-corrected chi connectivity index (χ4v) is 4.65. The number of hydrogen-bond donors (Lipinski definition) is 1. The smallest absolute Gasteiger partial charge is 0.291 e. The van der Waals surface area contributed by atoms with Crippen molar-refractivity contribution in [3.05, 3.63) is 63.4 Å². The average molecular weight is 421 g/mol. The number of rotatable bonds is 5. The van der Waals surface area contributed by atoms with Crippen molar-refractivity contribution < 1.29 is 0 Å². The molecule has 0 fully saturated rings. The van der Waals surface area contributed by atoms with Crippen LogP contribution in [0.1, 0.15) is 16.4 Å². The van der Waals surface area contributed by atoms with E-state index in [9.17, 15) is 4.79 Å². The summed E-state index contributed by atoms with van der Waals surface area (Å²) in [5, 5.41) is 13.0. The van der Waals surface area contributed by atoms with Gasteiger partial charge in [-0.1, -0.05) is 6.07 Å². The zero-order valence-corrected chi connectivity index (χ0v) is 17.6. The molecule has 30 heavy (non-hydrogen) atoms. The van der Waals surface area contributed by atoms with Gasteiger partial charge in [-0.25, -0.2) is 14.6 Å². The molecule has 0 saturated carbocycles. The predicted octanol–water partition coefficient (Wildman–Crippen LogP) is 2.17. The summed E-state index contributed by atoms with van der Waals surface area (Å²) in [5.74, 6) is 0.918. The number of hydrogen-bond acceptors (Lipinski definition) is 7. The maximum atomic E-state index is 13.0. The number of H-pyrrole nitrogens is 1. The van der Waals surface area contributed by atoms with Crippen molar-refractivity contribution in [2.24, 2.45) is 7.05 Å². The molecule has 0 spiro atoms. The van der Waals surface area contributed by atoms with Gasteiger partial charge in [0.05, 0.1) is 23.1 Å². The highest BCUT2D eigenvalue weighted by Gasteiger charge is 2.18. The van der Waals surface area contributed by atoms with E-state index in [4.69, 9.17) is 4.98 Å². The lowest BCUT2D eigenvalue weighted by atomic mass is 10.3. The molecule has 5 heterocycles. The van der Waals surface area contributed by atoms with Crippen molar-refractivity contribution in [2.45, 2.75) is 13.0 Å². The number of aromatic amines is 1. The summed E-state index contributed by atoms with van der Waals surface area (Å²) >= 11 is 1.59. The number of thiazole rings is 1. The van der Waals surface area contributed by atoms with Crippen LogP contribution < -0.4 is 10.5 Å². The number of aryl methyl sites for hydroxylation is 1. The Morgan fingerprint density at radius 2 is 2.07 bits per heavy atom. The lowest BCUT2D eigenvalue weighted by molar-refractivity contribution is 0.631. The van der Waals surface area contributed by atoms with E-state index in [2.05, 4.69) is 20.3 Å². The van der Waals surface area contributed by atoms with E-state index in [0.29, 0.717) is 18.5 Å². The van der Waals surface area contributed by atoms with E-state index in [0.717, 1.165) is 37.9 Å². The summed E-state index contributed by atoms with van der Waals surface area (Å²) in [7, 11) is 5.82. The number of nitrogens with one attached hydrogen (secondary N) is 1. The van der Waals surface area contributed by atoms with Gasteiger partial charge in [-0.05, 0) is 18.2 Å². The normalized spacial score (nSPS) is 11.6. The van der Waals surface area contributed by atoms with Crippen molar-refractivity contribution in [2.75, 3.05) is 19.0 Å². The van der Waals surface area contributed by atoms with Crippen molar-refractivity contribution in [3.63, 3.8) is 0 Å². The summed E-state index contributed by atoms with van der Waals surface area (Å²) < 4.78 is 4.28. The molecule has 5 aromatic heterocycles. The number of aromatic nitrogens is 7. The number of anilines is 1. The molecule has 5 aromatic rings. The molecule has 0 aliphatic rings. The van der Waals surface area contributed by atoms with Gasteiger partial charge in [-0.3, -0.25) is 9.89 Å². The van der Waals surface area contributed by atoms with Crippen LogP contribution in [0, 0.1) is 0 Å². The highest BCUT2D eigenvalue weighted by atomic mass is 32.1. The number of nitrogens with zero attached hydrogens (tertiary/aromatic N) is 7. The Labute approximate surface area is 175 Å². The van der Waals surface area contributed by atoms with Gasteiger partial charge >= 0.3 is 0 Å². The Kier molecular flexibility index (Phi) is 4.35. The highest BCUT2D eigenvalue weighted by molar-refractivity contribution is 7.19. The first-order valence-electron chi connectivity index (χ1n) is 9.46. The van der Waals surface area contributed by atoms with E-state index in [1.54, 1.807) is 23.7 Å². The highest BCUT2D eigenvalue weighted by Crippen LogP contribution is 2.31. The third kappa shape index (κ3) is 3.05. The zero-order valence-electron chi connectivity index (χ0n) is 16.8. The van der Waals surface area contributed by atoms with E-state index in [1.807, 2.05) is 54.9 Å². The molecule has 0 unspecified atom stereocenters. The van der Waals surface area contributed by atoms with Gasteiger partial charge in [-0.15, -0.1) is 11.3 Å². The molecule has 0 atom stereocenters. The quantitative estimate of drug-likeness (QED) is 0.468. The summed E-state index contributed by atoms with van der Waals surface area (Å²) in [4.78, 5) is 24.5. The number of pyridine rings is 1. The largest absolute Gasteiger partial charge is 0.363 e. The molecule has 0 aromatic carbocycles. The van der Waals surface area contributed by atoms with Gasteiger partial charge < -0.3 is 9.47 Å². The SMILES string of the molecule is CN(C)c1cccc(Cc2nc3c(s2)c2cnn(Cc4ccn[nH]4)c(=O)c2n3C)n1. The molecule has 0 aliphatic heterocycles. The van der Waals surface area contributed by atoms with E-state index >= 15 is 0 Å². The minimum atomic E-state index is -0.142. The van der Waals surface area contributed by atoms with Crippen LogP contribution in [-0.2, 0) is 20.0 Å². The van der Waals surface area contributed by atoms with Crippen LogP contribution in [0.3, 0.4) is 0 Å². The molecule has 9 nitrogen and oxygen atoms in total. The Bertz CT molecular complexity index is 1410. The van der Waals surface area contributed by atoms with Crippen LogP contribution in [0.4, 0.5) is 5.82 Å². The van der Waals surface area contributed by atoms with Gasteiger partial charge in [0.25, 0.3) is 5.56 Å². The molecule has 0 aliphatic carbocycles. The van der Waals surface area contributed by atoms with Gasteiger partial charge in [0, 0.05) is 44.8 Å². The molecule has 0 bridgehead atoms. The van der Waals surface area contributed by atoms with Gasteiger partial charge in [0.15, 0.2) is 5.65 Å². The molecule has 0 amide bonds. The van der Waals surface area contributed by atoms with Crippen molar-refractivity contribution in [1.29, 1.82) is 0 Å². The number of fused-ring (bicyclic) bond motifs is 3. The molecule has 0 saturated heterocycles. The van der Waals surface area contributed by atoms with Crippen LogP contribution in [0.5, 0.6) is 0 Å². The van der Waals surface area contributed by atoms with Crippen molar-refractivity contribution in [3.8, 4) is 0 Å². The van der Waals surface area contributed by atoms with Crippen LogP contribution in [0.25, 0.3) is 21.3 Å². The average Bonchev–Trinajstić information content (AvgIpc) is 3.43. The molecule has 1 N–H and O–H groups in total. The van der Waals surface area contributed by atoms with E-state index in [1.165, 1.54) is 4.68 Å². The Balaban J connectivity index is 1.54. The lowest BCUT2D eigenvalue weighted by Gasteiger charge is -2.11. The molecular weight excluding hydrogens is 400 g/mol. The summed E-state index contributed by atoms with van der Waals surface area (Å²) in [6, 6.07) is 7.82. The molecule has 5 rings (SSSR count). The van der Waals surface area contributed by atoms with Gasteiger partial charge in [-0.2, -0.15) is 10.2 Å². The summed E-state index contributed by atoms with van der Waals surface area (Å²) in [5.41, 5.74) is 3.05. The van der Waals surface area contributed by atoms with Crippen LogP contribution >= 0.6 is 11.3 Å². The Morgan fingerprint density at radius 1 is 1.20 bits per heavy atom. The van der Waals surface area contributed by atoms with E-state index < -0.39 is 0 Å². The first-order valence-corrected chi connectivity index (χ1v) is 10.3. The second kappa shape index (κ2) is 7.06. The maximum Gasteiger partial charge on any atom is 0.291 e. The summed E-state index contributed by atoms with van der Waals surface area (Å²) in [6.07, 6.45) is 4.06. The molecule has 0 radical (unpaired) electrons. The third-order valence-electron chi connectivity index (χ3n) is 5.03. The second-order valence-corrected chi connectivity index (χ2v) is 8.41. The topological polar surface area (TPSA) is 97.5 Å². The minimum absolute atomic E-state index is 0.142. The van der Waals surface area contributed by atoms with Crippen molar-refractivity contribution in [1.82, 2.24) is 34.5 Å². The molecular formula is C20H20N8OS. The Morgan fingerprint density at radius 3 is 2.83 bits per heavy atom. The monoisotopic (exact) mass is 420 g/mol. The van der Waals surface area contributed by atoms with E-state index in [-0.39, 0.29) is 5.56 Å². The van der Waals surface area contributed by atoms with Gasteiger partial charge in [0.2, 0.25) is 0 Å². The first-order chi connectivity index (χ1) is 14.5. The minimum Gasteiger partial charge on any atom is -0.363 e.